The predicted octanol–water partition coefficient (Wildman–Crippen LogP) is 2.31. The first-order chi connectivity index (χ1) is 8.83. The van der Waals surface area contributed by atoms with Gasteiger partial charge < -0.3 is 10.2 Å². The fourth-order valence-electron chi connectivity index (χ4n) is 3.11. The maximum absolute atomic E-state index is 12.3. The van der Waals surface area contributed by atoms with Crippen molar-refractivity contribution in [3.63, 3.8) is 0 Å². The van der Waals surface area contributed by atoms with E-state index in [9.17, 15) is 4.79 Å². The number of nitrogens with one attached hydrogen (secondary N) is 1. The summed E-state index contributed by atoms with van der Waals surface area (Å²) in [6, 6.07) is 1.23. The molecule has 102 valence electrons. The zero-order valence-electron chi connectivity index (χ0n) is 11.4. The van der Waals surface area contributed by atoms with Crippen molar-refractivity contribution >= 4 is 5.91 Å². The molecule has 0 aromatic heterocycles. The molecule has 0 aromatic carbocycles. The number of hydrogen-bond acceptors (Lipinski definition) is 2. The number of rotatable bonds is 6. The zero-order valence-corrected chi connectivity index (χ0v) is 11.4. The maximum Gasteiger partial charge on any atom is 0.236 e. The second-order valence-corrected chi connectivity index (χ2v) is 6.44. The zero-order chi connectivity index (χ0) is 12.4. The Kier molecular flexibility index (Phi) is 3.88. The molecule has 18 heavy (non-hydrogen) atoms. The van der Waals surface area contributed by atoms with Gasteiger partial charge in [0.25, 0.3) is 0 Å². The fourth-order valence-corrected chi connectivity index (χ4v) is 3.11. The van der Waals surface area contributed by atoms with Gasteiger partial charge in [0, 0.05) is 18.6 Å². The van der Waals surface area contributed by atoms with Crippen LogP contribution in [0.5, 0.6) is 0 Å². The highest BCUT2D eigenvalue weighted by molar-refractivity contribution is 5.79. The lowest BCUT2D eigenvalue weighted by Crippen LogP contribution is -2.43. The molecule has 3 fully saturated rings. The van der Waals surface area contributed by atoms with Crippen LogP contribution in [0.1, 0.15) is 57.8 Å². The van der Waals surface area contributed by atoms with Gasteiger partial charge >= 0.3 is 0 Å². The van der Waals surface area contributed by atoms with Crippen LogP contribution in [-0.4, -0.2) is 36.0 Å². The summed E-state index contributed by atoms with van der Waals surface area (Å²) in [5.74, 6) is 1.14. The summed E-state index contributed by atoms with van der Waals surface area (Å²) in [4.78, 5) is 14.5. The molecule has 3 heteroatoms. The molecule has 1 N–H and O–H groups in total. The Hall–Kier alpha value is -0.570. The largest absolute Gasteiger partial charge is 0.338 e. The van der Waals surface area contributed by atoms with Crippen LogP contribution < -0.4 is 5.32 Å². The topological polar surface area (TPSA) is 32.3 Å². The van der Waals surface area contributed by atoms with Gasteiger partial charge in [-0.25, -0.2) is 0 Å². The van der Waals surface area contributed by atoms with Crippen molar-refractivity contribution in [3.8, 4) is 0 Å². The van der Waals surface area contributed by atoms with Gasteiger partial charge in [-0.05, 0) is 44.4 Å². The minimum atomic E-state index is 0.356. The molecular formula is C15H26N2O. The average molecular weight is 250 g/mol. The van der Waals surface area contributed by atoms with Crippen molar-refractivity contribution in [2.75, 3.05) is 13.1 Å². The van der Waals surface area contributed by atoms with Crippen molar-refractivity contribution in [1.29, 1.82) is 0 Å². The molecule has 3 aliphatic carbocycles. The normalized spacial score (nSPS) is 25.1. The van der Waals surface area contributed by atoms with E-state index in [2.05, 4.69) is 10.2 Å². The van der Waals surface area contributed by atoms with Gasteiger partial charge in [0.2, 0.25) is 5.91 Å². The number of nitrogens with zero attached hydrogens (tertiary/aromatic N) is 1. The molecular weight excluding hydrogens is 224 g/mol. The van der Waals surface area contributed by atoms with Crippen LogP contribution in [-0.2, 0) is 4.79 Å². The standard InChI is InChI=1S/C15H26N2O/c18-15(10-16-13-6-7-13)17(14-8-9-14)11-12-4-2-1-3-5-12/h12-14,16H,1-11H2. The molecule has 1 amide bonds. The number of carbonyl (C=O) groups is 1. The summed E-state index contributed by atoms with van der Waals surface area (Å²) in [5.41, 5.74) is 0. The van der Waals surface area contributed by atoms with E-state index in [0.29, 0.717) is 24.5 Å². The van der Waals surface area contributed by atoms with Crippen LogP contribution in [0.15, 0.2) is 0 Å². The van der Waals surface area contributed by atoms with Crippen molar-refractivity contribution < 1.29 is 4.79 Å². The minimum Gasteiger partial charge on any atom is -0.338 e. The SMILES string of the molecule is O=C(CNC1CC1)N(CC1CCCCC1)C1CC1. The van der Waals surface area contributed by atoms with Crippen molar-refractivity contribution in [2.45, 2.75) is 69.9 Å². The molecule has 3 aliphatic rings. The van der Waals surface area contributed by atoms with Crippen LogP contribution in [0, 0.1) is 5.92 Å². The lowest BCUT2D eigenvalue weighted by Gasteiger charge is -2.30. The van der Waals surface area contributed by atoms with Gasteiger partial charge in [-0.1, -0.05) is 19.3 Å². The first-order valence-electron chi connectivity index (χ1n) is 7.86. The highest BCUT2D eigenvalue weighted by atomic mass is 16.2. The molecule has 0 heterocycles. The van der Waals surface area contributed by atoms with Crippen molar-refractivity contribution in [1.82, 2.24) is 10.2 Å². The molecule has 3 rings (SSSR count). The van der Waals surface area contributed by atoms with Crippen LogP contribution in [0.3, 0.4) is 0 Å². The highest BCUT2D eigenvalue weighted by Crippen LogP contribution is 2.31. The third kappa shape index (κ3) is 3.47. The molecule has 0 aromatic rings. The second kappa shape index (κ2) is 5.60. The number of amides is 1. The minimum absolute atomic E-state index is 0.356. The molecule has 0 aliphatic heterocycles. The van der Waals surface area contributed by atoms with E-state index in [1.54, 1.807) is 0 Å². The summed E-state index contributed by atoms with van der Waals surface area (Å²) in [7, 11) is 0. The van der Waals surface area contributed by atoms with E-state index < -0.39 is 0 Å². The molecule has 0 spiro atoms. The third-order valence-electron chi connectivity index (χ3n) is 4.61. The Labute approximate surface area is 110 Å². The average Bonchev–Trinajstić information content (AvgIpc) is 3.28. The molecule has 0 bridgehead atoms. The van der Waals surface area contributed by atoms with Crippen LogP contribution in [0.2, 0.25) is 0 Å². The van der Waals surface area contributed by atoms with E-state index in [4.69, 9.17) is 0 Å². The van der Waals surface area contributed by atoms with Crippen LogP contribution in [0.4, 0.5) is 0 Å². The number of carbonyl (C=O) groups excluding carboxylic acids is 1. The van der Waals surface area contributed by atoms with E-state index in [0.717, 1.165) is 12.5 Å². The summed E-state index contributed by atoms with van der Waals surface area (Å²) >= 11 is 0. The van der Waals surface area contributed by atoms with Gasteiger partial charge in [0.1, 0.15) is 0 Å². The van der Waals surface area contributed by atoms with E-state index in [-0.39, 0.29) is 0 Å². The van der Waals surface area contributed by atoms with Gasteiger partial charge in [0.05, 0.1) is 6.54 Å². The quantitative estimate of drug-likeness (QED) is 0.784. The molecule has 0 radical (unpaired) electrons. The molecule has 0 saturated heterocycles. The monoisotopic (exact) mass is 250 g/mol. The number of hydrogen-bond donors (Lipinski definition) is 1. The van der Waals surface area contributed by atoms with Gasteiger partial charge in [-0.3, -0.25) is 4.79 Å². The van der Waals surface area contributed by atoms with Crippen molar-refractivity contribution in [3.05, 3.63) is 0 Å². The molecule has 0 unspecified atom stereocenters. The lowest BCUT2D eigenvalue weighted by atomic mass is 9.89. The van der Waals surface area contributed by atoms with Crippen LogP contribution in [0.25, 0.3) is 0 Å². The summed E-state index contributed by atoms with van der Waals surface area (Å²) < 4.78 is 0. The van der Waals surface area contributed by atoms with Gasteiger partial charge in [0.15, 0.2) is 0 Å². The van der Waals surface area contributed by atoms with Crippen LogP contribution >= 0.6 is 0 Å². The summed E-state index contributed by atoms with van der Waals surface area (Å²) in [5, 5.41) is 3.37. The molecule has 3 saturated carbocycles. The Morgan fingerprint density at radius 2 is 1.72 bits per heavy atom. The molecule has 3 nitrogen and oxygen atoms in total. The maximum atomic E-state index is 12.3. The Bertz CT molecular complexity index is 291. The summed E-state index contributed by atoms with van der Waals surface area (Å²) in [6.07, 6.45) is 11.8. The van der Waals surface area contributed by atoms with Crippen molar-refractivity contribution in [2.24, 2.45) is 5.92 Å². The van der Waals surface area contributed by atoms with E-state index >= 15 is 0 Å². The Morgan fingerprint density at radius 1 is 1.00 bits per heavy atom. The first-order valence-corrected chi connectivity index (χ1v) is 7.86. The van der Waals surface area contributed by atoms with E-state index in [1.807, 2.05) is 0 Å². The van der Waals surface area contributed by atoms with E-state index in [1.165, 1.54) is 57.8 Å². The van der Waals surface area contributed by atoms with Gasteiger partial charge in [-0.2, -0.15) is 0 Å². The Morgan fingerprint density at radius 3 is 2.33 bits per heavy atom. The Balaban J connectivity index is 1.48. The summed E-state index contributed by atoms with van der Waals surface area (Å²) in [6.45, 7) is 1.61. The smallest absolute Gasteiger partial charge is 0.236 e. The predicted molar refractivity (Wildman–Crippen MR) is 72.3 cm³/mol. The molecule has 0 atom stereocenters. The third-order valence-corrected chi connectivity index (χ3v) is 4.61. The first kappa shape index (κ1) is 12.5. The highest BCUT2D eigenvalue weighted by Gasteiger charge is 2.34. The second-order valence-electron chi connectivity index (χ2n) is 6.44. The van der Waals surface area contributed by atoms with Gasteiger partial charge in [-0.15, -0.1) is 0 Å². The lowest BCUT2D eigenvalue weighted by molar-refractivity contribution is -0.131. The fraction of sp³-hybridized carbons (Fsp3) is 0.933.